The quantitative estimate of drug-likeness (QED) is 0.470. The van der Waals surface area contributed by atoms with Crippen molar-refractivity contribution < 1.29 is 0 Å². The number of rotatable bonds is 1. The van der Waals surface area contributed by atoms with Gasteiger partial charge in [-0.1, -0.05) is 5.57 Å². The van der Waals surface area contributed by atoms with E-state index in [1.807, 2.05) is 6.92 Å². The molecule has 0 nitrogen and oxygen atoms in total. The molecule has 9 heavy (non-hydrogen) atoms. The average molecular weight is 123 g/mol. The summed E-state index contributed by atoms with van der Waals surface area (Å²) in [5.74, 6) is 0. The molecule has 0 spiro atoms. The standard InChI is InChI=1S/C9H15/c1-6-8(4)9(5)7(2)3/h1-5H3. The molecular weight excluding hydrogens is 108 g/mol. The topological polar surface area (TPSA) is 0 Å². The Morgan fingerprint density at radius 3 is 1.56 bits per heavy atom. The molecule has 1 radical (unpaired) electrons. The van der Waals surface area contributed by atoms with Crippen LogP contribution in [0.4, 0.5) is 0 Å². The first-order valence-corrected chi connectivity index (χ1v) is 3.25. The lowest BCUT2D eigenvalue weighted by Gasteiger charge is -2.01. The molecule has 0 saturated carbocycles. The van der Waals surface area contributed by atoms with E-state index in [2.05, 4.69) is 33.8 Å². The second-order valence-corrected chi connectivity index (χ2v) is 2.50. The fourth-order valence-corrected chi connectivity index (χ4v) is 0.562. The van der Waals surface area contributed by atoms with Crippen LogP contribution in [-0.4, -0.2) is 0 Å². The zero-order chi connectivity index (χ0) is 7.44. The van der Waals surface area contributed by atoms with Gasteiger partial charge in [0.05, 0.1) is 0 Å². The Bertz CT molecular complexity index is 143. The van der Waals surface area contributed by atoms with Crippen LogP contribution in [0.15, 0.2) is 16.7 Å². The Kier molecular flexibility index (Phi) is 3.29. The third kappa shape index (κ3) is 2.50. The van der Waals surface area contributed by atoms with Crippen molar-refractivity contribution in [2.75, 3.05) is 0 Å². The van der Waals surface area contributed by atoms with Crippen LogP contribution in [0.1, 0.15) is 34.6 Å². The minimum Gasteiger partial charge on any atom is -0.0732 e. The van der Waals surface area contributed by atoms with Crippen LogP contribution >= 0.6 is 0 Å². The van der Waals surface area contributed by atoms with E-state index in [9.17, 15) is 0 Å². The zero-order valence-corrected chi connectivity index (χ0v) is 7.00. The highest BCUT2D eigenvalue weighted by Gasteiger charge is 1.91. The number of hydrogen-bond acceptors (Lipinski definition) is 0. The van der Waals surface area contributed by atoms with Crippen LogP contribution in [0.2, 0.25) is 0 Å². The highest BCUT2D eigenvalue weighted by molar-refractivity contribution is 5.27. The molecular formula is C9H15. The fourth-order valence-electron chi connectivity index (χ4n) is 0.562. The molecule has 0 aromatic heterocycles. The molecule has 0 aliphatic heterocycles. The third-order valence-corrected chi connectivity index (χ3v) is 1.69. The Morgan fingerprint density at radius 2 is 1.44 bits per heavy atom. The van der Waals surface area contributed by atoms with Gasteiger partial charge in [0.15, 0.2) is 0 Å². The molecule has 0 atom stereocenters. The van der Waals surface area contributed by atoms with Gasteiger partial charge in [-0.2, -0.15) is 0 Å². The van der Waals surface area contributed by atoms with Crippen molar-refractivity contribution in [1.29, 1.82) is 0 Å². The first-order valence-electron chi connectivity index (χ1n) is 3.25. The summed E-state index contributed by atoms with van der Waals surface area (Å²) in [5, 5.41) is 0. The molecule has 0 fully saturated rings. The monoisotopic (exact) mass is 123 g/mol. The molecule has 0 rings (SSSR count). The molecule has 0 aromatic carbocycles. The van der Waals surface area contributed by atoms with Gasteiger partial charge >= 0.3 is 0 Å². The van der Waals surface area contributed by atoms with E-state index in [0.29, 0.717) is 0 Å². The van der Waals surface area contributed by atoms with Crippen molar-refractivity contribution in [3.63, 3.8) is 0 Å². The molecule has 0 bridgehead atoms. The van der Waals surface area contributed by atoms with E-state index in [4.69, 9.17) is 0 Å². The summed E-state index contributed by atoms with van der Waals surface area (Å²) in [7, 11) is 0. The van der Waals surface area contributed by atoms with Crippen LogP contribution in [-0.2, 0) is 0 Å². The van der Waals surface area contributed by atoms with E-state index < -0.39 is 0 Å². The molecule has 0 heteroatoms. The molecule has 0 aliphatic carbocycles. The first-order chi connectivity index (χ1) is 4.09. The Balaban J connectivity index is 4.40. The predicted octanol–water partition coefficient (Wildman–Crippen LogP) is 3.11. The van der Waals surface area contributed by atoms with Crippen molar-refractivity contribution in [2.45, 2.75) is 34.6 Å². The molecule has 51 valence electrons. The molecule has 0 N–H and O–H groups in total. The Hall–Kier alpha value is -0.520. The maximum atomic E-state index is 3.10. The van der Waals surface area contributed by atoms with Gasteiger partial charge in [0, 0.05) is 0 Å². The summed E-state index contributed by atoms with van der Waals surface area (Å²) < 4.78 is 0. The van der Waals surface area contributed by atoms with Crippen molar-refractivity contribution in [3.05, 3.63) is 22.8 Å². The normalized spacial score (nSPS) is 11.4. The lowest BCUT2D eigenvalue weighted by molar-refractivity contribution is 1.21. The van der Waals surface area contributed by atoms with Crippen molar-refractivity contribution in [3.8, 4) is 0 Å². The molecule has 0 saturated heterocycles. The van der Waals surface area contributed by atoms with Crippen LogP contribution in [0.3, 0.4) is 0 Å². The van der Waals surface area contributed by atoms with Gasteiger partial charge in [-0.25, -0.2) is 0 Å². The molecule has 0 heterocycles. The number of hydrogen-bond donors (Lipinski definition) is 0. The lowest BCUT2D eigenvalue weighted by Crippen LogP contribution is -1.81. The lowest BCUT2D eigenvalue weighted by atomic mass is 10.1. The van der Waals surface area contributed by atoms with E-state index in [1.54, 1.807) is 0 Å². The highest BCUT2D eigenvalue weighted by Crippen LogP contribution is 2.11. The molecule has 0 aliphatic rings. The Labute approximate surface area is 58.3 Å². The van der Waals surface area contributed by atoms with E-state index in [-0.39, 0.29) is 0 Å². The van der Waals surface area contributed by atoms with Crippen molar-refractivity contribution >= 4 is 0 Å². The second-order valence-electron chi connectivity index (χ2n) is 2.50. The van der Waals surface area contributed by atoms with Gasteiger partial charge in [-0.15, -0.1) is 0 Å². The van der Waals surface area contributed by atoms with Gasteiger partial charge in [-0.05, 0) is 51.8 Å². The minimum absolute atomic E-state index is 1.26. The second kappa shape index (κ2) is 3.49. The summed E-state index contributed by atoms with van der Waals surface area (Å²) in [6.07, 6.45) is 3.10. The van der Waals surface area contributed by atoms with Crippen LogP contribution in [0, 0.1) is 6.08 Å². The van der Waals surface area contributed by atoms with Gasteiger partial charge in [0.1, 0.15) is 0 Å². The fraction of sp³-hybridized carbons (Fsp3) is 0.556. The average Bonchev–Trinajstić information content (AvgIpc) is 1.84. The Morgan fingerprint density at radius 1 is 1.00 bits per heavy atom. The summed E-state index contributed by atoms with van der Waals surface area (Å²) >= 11 is 0. The van der Waals surface area contributed by atoms with Crippen LogP contribution in [0.25, 0.3) is 0 Å². The first kappa shape index (κ1) is 8.48. The SMILES string of the molecule is C/[C]=C(/C)C(C)=C(C)C. The van der Waals surface area contributed by atoms with Gasteiger partial charge in [0.25, 0.3) is 0 Å². The van der Waals surface area contributed by atoms with Crippen molar-refractivity contribution in [1.82, 2.24) is 0 Å². The van der Waals surface area contributed by atoms with Crippen LogP contribution < -0.4 is 0 Å². The zero-order valence-electron chi connectivity index (χ0n) is 7.00. The molecule has 0 unspecified atom stereocenters. The third-order valence-electron chi connectivity index (χ3n) is 1.69. The number of allylic oxidation sites excluding steroid dienone is 4. The van der Waals surface area contributed by atoms with E-state index in [0.717, 1.165) is 0 Å². The minimum atomic E-state index is 1.26. The maximum Gasteiger partial charge on any atom is -0.0392 e. The summed E-state index contributed by atoms with van der Waals surface area (Å²) in [6.45, 7) is 10.4. The van der Waals surface area contributed by atoms with Gasteiger partial charge in [-0.3, -0.25) is 0 Å². The van der Waals surface area contributed by atoms with Crippen LogP contribution in [0.5, 0.6) is 0 Å². The summed E-state index contributed by atoms with van der Waals surface area (Å²) in [4.78, 5) is 0. The maximum absolute atomic E-state index is 3.10. The highest BCUT2D eigenvalue weighted by atomic mass is 14.0. The van der Waals surface area contributed by atoms with Crippen molar-refractivity contribution in [2.24, 2.45) is 0 Å². The molecule has 0 amide bonds. The van der Waals surface area contributed by atoms with E-state index in [1.165, 1.54) is 16.7 Å². The summed E-state index contributed by atoms with van der Waals surface area (Å²) in [5.41, 5.74) is 3.99. The predicted molar refractivity (Wildman–Crippen MR) is 42.2 cm³/mol. The largest absolute Gasteiger partial charge is 0.0732 e. The van der Waals surface area contributed by atoms with Gasteiger partial charge in [0.2, 0.25) is 0 Å². The van der Waals surface area contributed by atoms with E-state index >= 15 is 0 Å². The summed E-state index contributed by atoms with van der Waals surface area (Å²) in [6, 6.07) is 0. The smallest absolute Gasteiger partial charge is 0.0392 e. The van der Waals surface area contributed by atoms with Gasteiger partial charge < -0.3 is 0 Å². The molecule has 0 aromatic rings.